The van der Waals surface area contributed by atoms with Crippen molar-refractivity contribution in [1.29, 1.82) is 0 Å². The number of amides is 1. The van der Waals surface area contributed by atoms with E-state index in [-0.39, 0.29) is 29.6 Å². The van der Waals surface area contributed by atoms with Gasteiger partial charge >= 0.3 is 0 Å². The number of halogens is 2. The molecule has 6 nitrogen and oxygen atoms in total. The predicted molar refractivity (Wildman–Crippen MR) is 130 cm³/mol. The van der Waals surface area contributed by atoms with Gasteiger partial charge in [0.05, 0.1) is 6.54 Å². The van der Waals surface area contributed by atoms with E-state index in [1.54, 1.807) is 12.1 Å². The van der Waals surface area contributed by atoms with Crippen molar-refractivity contribution in [2.24, 2.45) is 5.92 Å². The first-order valence-electron chi connectivity index (χ1n) is 11.6. The molecule has 1 aromatic heterocycles. The van der Waals surface area contributed by atoms with Crippen molar-refractivity contribution in [2.75, 3.05) is 13.1 Å². The minimum Gasteiger partial charge on any atom is -0.347 e. The van der Waals surface area contributed by atoms with E-state index in [4.69, 9.17) is 16.1 Å². The minimum absolute atomic E-state index is 0.0217. The van der Waals surface area contributed by atoms with Crippen LogP contribution in [0.5, 0.6) is 0 Å². The van der Waals surface area contributed by atoms with E-state index >= 15 is 0 Å². The number of rotatable bonds is 6. The highest BCUT2D eigenvalue weighted by molar-refractivity contribution is 6.30. The highest BCUT2D eigenvalue weighted by Gasteiger charge is 2.25. The monoisotopic (exact) mass is 484 g/mol. The molecule has 1 aliphatic rings. The lowest BCUT2D eigenvalue weighted by Gasteiger charge is -2.31. The van der Waals surface area contributed by atoms with Gasteiger partial charge in [-0.15, -0.1) is 0 Å². The zero-order valence-corrected chi connectivity index (χ0v) is 20.5. The molecule has 1 amide bonds. The summed E-state index contributed by atoms with van der Waals surface area (Å²) < 4.78 is 19.4. The fourth-order valence-corrected chi connectivity index (χ4v) is 4.27. The van der Waals surface area contributed by atoms with Gasteiger partial charge < -0.3 is 9.84 Å². The number of hydrogen-bond acceptors (Lipinski definition) is 5. The van der Waals surface area contributed by atoms with E-state index < -0.39 is 0 Å². The SMILES string of the molecule is CC(C)(C)c1ccc(-c2noc(CNC(=O)C3CCN(Cc4ccc(Cl)cc4F)CC3)n2)cc1. The molecule has 0 radical (unpaired) electrons. The van der Waals surface area contributed by atoms with Crippen LogP contribution in [0.15, 0.2) is 47.0 Å². The van der Waals surface area contributed by atoms with E-state index in [0.717, 1.165) is 31.5 Å². The summed E-state index contributed by atoms with van der Waals surface area (Å²) in [6.07, 6.45) is 1.44. The van der Waals surface area contributed by atoms with Crippen molar-refractivity contribution < 1.29 is 13.7 Å². The summed E-state index contributed by atoms with van der Waals surface area (Å²) in [4.78, 5) is 19.2. The van der Waals surface area contributed by atoms with Crippen LogP contribution in [0.2, 0.25) is 5.02 Å². The maximum absolute atomic E-state index is 14.1. The van der Waals surface area contributed by atoms with Gasteiger partial charge in [0.15, 0.2) is 0 Å². The average Bonchev–Trinajstić information content (AvgIpc) is 3.28. The summed E-state index contributed by atoms with van der Waals surface area (Å²) in [7, 11) is 0. The van der Waals surface area contributed by atoms with Crippen LogP contribution in [0.25, 0.3) is 11.4 Å². The summed E-state index contributed by atoms with van der Waals surface area (Å²) in [5, 5.41) is 7.35. The molecule has 1 fully saturated rings. The molecule has 1 N–H and O–H groups in total. The van der Waals surface area contributed by atoms with Gasteiger partial charge in [-0.2, -0.15) is 4.98 Å². The molecule has 2 heterocycles. The molecule has 0 spiro atoms. The van der Waals surface area contributed by atoms with E-state index in [2.05, 4.69) is 53.3 Å². The number of aromatic nitrogens is 2. The quantitative estimate of drug-likeness (QED) is 0.510. The lowest BCUT2D eigenvalue weighted by atomic mass is 9.87. The van der Waals surface area contributed by atoms with Gasteiger partial charge in [-0.05, 0) is 49.0 Å². The van der Waals surface area contributed by atoms with Crippen LogP contribution >= 0.6 is 11.6 Å². The Balaban J connectivity index is 1.25. The van der Waals surface area contributed by atoms with E-state index in [1.807, 2.05) is 12.1 Å². The average molecular weight is 485 g/mol. The van der Waals surface area contributed by atoms with Crippen molar-refractivity contribution >= 4 is 17.5 Å². The number of carbonyl (C=O) groups excluding carboxylic acids is 1. The Labute approximate surface area is 204 Å². The van der Waals surface area contributed by atoms with Crippen molar-refractivity contribution in [3.05, 3.63) is 70.3 Å². The van der Waals surface area contributed by atoms with Gasteiger partial charge in [0, 0.05) is 28.6 Å². The van der Waals surface area contributed by atoms with Crippen LogP contribution < -0.4 is 5.32 Å². The number of carbonyl (C=O) groups is 1. The molecule has 0 saturated carbocycles. The van der Waals surface area contributed by atoms with Crippen molar-refractivity contribution in [3.63, 3.8) is 0 Å². The molecule has 0 bridgehead atoms. The predicted octanol–water partition coefficient (Wildman–Crippen LogP) is 5.36. The molecule has 0 atom stereocenters. The zero-order chi connectivity index (χ0) is 24.3. The molecule has 180 valence electrons. The lowest BCUT2D eigenvalue weighted by molar-refractivity contribution is -0.126. The molecule has 34 heavy (non-hydrogen) atoms. The molecule has 2 aromatic carbocycles. The first-order chi connectivity index (χ1) is 16.2. The fourth-order valence-electron chi connectivity index (χ4n) is 4.11. The molecular formula is C26H30ClFN4O2. The number of piperidine rings is 1. The third kappa shape index (κ3) is 6.02. The van der Waals surface area contributed by atoms with Crippen LogP contribution in [0.4, 0.5) is 4.39 Å². The highest BCUT2D eigenvalue weighted by Crippen LogP contribution is 2.25. The van der Waals surface area contributed by atoms with Gasteiger partial charge in [0.2, 0.25) is 17.6 Å². The summed E-state index contributed by atoms with van der Waals surface area (Å²) >= 11 is 5.83. The smallest absolute Gasteiger partial charge is 0.246 e. The Morgan fingerprint density at radius 1 is 1.18 bits per heavy atom. The van der Waals surface area contributed by atoms with Crippen LogP contribution in [0.1, 0.15) is 50.6 Å². The minimum atomic E-state index is -0.295. The third-order valence-corrected chi connectivity index (χ3v) is 6.49. The molecule has 1 saturated heterocycles. The van der Waals surface area contributed by atoms with Gasteiger partial charge in [0.25, 0.3) is 0 Å². The van der Waals surface area contributed by atoms with Crippen LogP contribution in [0, 0.1) is 11.7 Å². The van der Waals surface area contributed by atoms with Crippen LogP contribution in [-0.4, -0.2) is 34.0 Å². The highest BCUT2D eigenvalue weighted by atomic mass is 35.5. The fraction of sp³-hybridized carbons (Fsp3) is 0.423. The Morgan fingerprint density at radius 2 is 1.88 bits per heavy atom. The first-order valence-corrected chi connectivity index (χ1v) is 11.9. The van der Waals surface area contributed by atoms with E-state index in [9.17, 15) is 9.18 Å². The number of benzene rings is 2. The number of nitrogens with one attached hydrogen (secondary N) is 1. The number of nitrogens with zero attached hydrogens (tertiary/aromatic N) is 3. The standard InChI is InChI=1S/C26H30ClFN4O2/c1-26(2,3)20-7-4-17(5-8-20)24-30-23(34-31-24)15-29-25(33)18-10-12-32(13-11-18)16-19-6-9-21(27)14-22(19)28/h4-9,14,18H,10-13,15-16H2,1-3H3,(H,29,33). The first kappa shape index (κ1) is 24.4. The summed E-state index contributed by atoms with van der Waals surface area (Å²) in [6.45, 7) is 8.67. The molecule has 8 heteroatoms. The maximum atomic E-state index is 14.1. The Hall–Kier alpha value is -2.77. The van der Waals surface area contributed by atoms with Gasteiger partial charge in [-0.25, -0.2) is 4.39 Å². The van der Waals surface area contributed by atoms with E-state index in [0.29, 0.717) is 28.8 Å². The van der Waals surface area contributed by atoms with Crippen molar-refractivity contribution in [3.8, 4) is 11.4 Å². The Morgan fingerprint density at radius 3 is 2.53 bits per heavy atom. The zero-order valence-electron chi connectivity index (χ0n) is 19.8. The van der Waals surface area contributed by atoms with Gasteiger partial charge in [-0.1, -0.05) is 67.9 Å². The molecule has 4 rings (SSSR count). The van der Waals surface area contributed by atoms with Crippen molar-refractivity contribution in [1.82, 2.24) is 20.4 Å². The van der Waals surface area contributed by atoms with Crippen LogP contribution in [-0.2, 0) is 23.3 Å². The molecular weight excluding hydrogens is 455 g/mol. The number of hydrogen-bond donors (Lipinski definition) is 1. The molecule has 0 aliphatic carbocycles. The maximum Gasteiger partial charge on any atom is 0.246 e. The van der Waals surface area contributed by atoms with Gasteiger partial charge in [-0.3, -0.25) is 9.69 Å². The summed E-state index contributed by atoms with van der Waals surface area (Å²) in [6, 6.07) is 12.9. The second-order valence-electron chi connectivity index (χ2n) is 9.84. The molecule has 0 unspecified atom stereocenters. The summed E-state index contributed by atoms with van der Waals surface area (Å²) in [5.41, 5.74) is 2.80. The second kappa shape index (κ2) is 10.2. The van der Waals surface area contributed by atoms with Crippen molar-refractivity contribution in [2.45, 2.75) is 52.1 Å². The Bertz CT molecular complexity index is 1130. The normalized spacial score (nSPS) is 15.4. The van der Waals surface area contributed by atoms with Crippen LogP contribution in [0.3, 0.4) is 0 Å². The molecule has 3 aromatic rings. The largest absolute Gasteiger partial charge is 0.347 e. The van der Waals surface area contributed by atoms with E-state index in [1.165, 1.54) is 11.6 Å². The Kier molecular flexibility index (Phi) is 7.33. The number of likely N-dealkylation sites (tertiary alicyclic amines) is 1. The molecule has 1 aliphatic heterocycles. The second-order valence-corrected chi connectivity index (χ2v) is 10.3. The lowest BCUT2D eigenvalue weighted by Crippen LogP contribution is -2.40. The third-order valence-electron chi connectivity index (χ3n) is 6.26. The topological polar surface area (TPSA) is 71.3 Å². The van der Waals surface area contributed by atoms with Gasteiger partial charge in [0.1, 0.15) is 5.82 Å². The summed E-state index contributed by atoms with van der Waals surface area (Å²) in [5.74, 6) is 0.480.